The summed E-state index contributed by atoms with van der Waals surface area (Å²) in [6.45, 7) is 9.39. The Bertz CT molecular complexity index is 1850. The molecule has 0 bridgehead atoms. The third-order valence-corrected chi connectivity index (χ3v) is 8.70. The van der Waals surface area contributed by atoms with Gasteiger partial charge < -0.3 is 19.9 Å². The van der Waals surface area contributed by atoms with Gasteiger partial charge in [0.05, 0.1) is 24.1 Å². The molecule has 0 amide bonds. The molecule has 1 aromatic heterocycles. The Morgan fingerprint density at radius 3 is 2.51 bits per heavy atom. The molecule has 3 heterocycles. The van der Waals surface area contributed by atoms with Crippen molar-refractivity contribution in [1.82, 2.24) is 10.3 Å². The molecular formula is C35H33N7O. The van der Waals surface area contributed by atoms with E-state index in [0.29, 0.717) is 36.4 Å². The van der Waals surface area contributed by atoms with E-state index < -0.39 is 0 Å². The number of aryl methyl sites for hydroxylation is 2. The van der Waals surface area contributed by atoms with Crippen LogP contribution in [0.3, 0.4) is 0 Å². The first kappa shape index (κ1) is 28.0. The van der Waals surface area contributed by atoms with Crippen molar-refractivity contribution in [3.63, 3.8) is 0 Å². The van der Waals surface area contributed by atoms with Crippen LogP contribution in [0.5, 0.6) is 11.6 Å². The number of hydrogen-bond acceptors (Lipinski definition) is 8. The van der Waals surface area contributed by atoms with Crippen molar-refractivity contribution in [3.05, 3.63) is 87.5 Å². The normalized spacial score (nSPS) is 16.2. The Balaban J connectivity index is 1.50. The van der Waals surface area contributed by atoms with Crippen molar-refractivity contribution < 1.29 is 4.74 Å². The van der Waals surface area contributed by atoms with Crippen LogP contribution < -0.4 is 19.9 Å². The number of aromatic nitrogens is 1. The second kappa shape index (κ2) is 11.6. The molecule has 8 nitrogen and oxygen atoms in total. The predicted molar refractivity (Wildman–Crippen MR) is 167 cm³/mol. The number of piperazine rings is 1. The zero-order valence-corrected chi connectivity index (χ0v) is 24.7. The number of nitriles is 3. The van der Waals surface area contributed by atoms with Crippen molar-refractivity contribution in [2.75, 3.05) is 36.0 Å². The maximum Gasteiger partial charge on any atom is 0.239 e. The number of nitrogens with one attached hydrogen (secondary N) is 1. The van der Waals surface area contributed by atoms with Crippen LogP contribution in [-0.2, 0) is 13.0 Å². The lowest BCUT2D eigenvalue weighted by molar-refractivity contribution is 0.441. The molecule has 0 spiro atoms. The Labute approximate surface area is 252 Å². The van der Waals surface area contributed by atoms with Gasteiger partial charge in [0.1, 0.15) is 23.2 Å². The van der Waals surface area contributed by atoms with E-state index >= 15 is 0 Å². The van der Waals surface area contributed by atoms with E-state index in [0.717, 1.165) is 59.8 Å². The standard InChI is InChI=1S/C35H33N7O/c1-22-6-4-7-25-8-5-9-31(32(22)25)41-16-13-28-30(21-41)29(19-38)35(43-33-23(2)10-11-26(18-37)24(33)3)40-34(28)42-17-15-39-27(20-42)12-14-36/h4-11,27,39H,12-13,15-17,20-21H2,1-3H3/t27-/m1/s1. The number of hydrogen-bond donors (Lipinski definition) is 1. The molecule has 0 radical (unpaired) electrons. The minimum absolute atomic E-state index is 0.0340. The number of benzene rings is 3. The van der Waals surface area contributed by atoms with Gasteiger partial charge in [-0.1, -0.05) is 36.4 Å². The summed E-state index contributed by atoms with van der Waals surface area (Å²) in [7, 11) is 0. The third kappa shape index (κ3) is 5.10. The van der Waals surface area contributed by atoms with Gasteiger partial charge in [-0.15, -0.1) is 0 Å². The van der Waals surface area contributed by atoms with Crippen molar-refractivity contribution in [3.8, 4) is 29.8 Å². The van der Waals surface area contributed by atoms with Crippen molar-refractivity contribution in [2.24, 2.45) is 0 Å². The second-order valence-corrected chi connectivity index (χ2v) is 11.4. The fourth-order valence-corrected chi connectivity index (χ4v) is 6.48. The Morgan fingerprint density at radius 1 is 0.930 bits per heavy atom. The first-order chi connectivity index (χ1) is 20.9. The van der Waals surface area contributed by atoms with Crippen LogP contribution in [0.25, 0.3) is 10.8 Å². The van der Waals surface area contributed by atoms with Gasteiger partial charge in [0.15, 0.2) is 0 Å². The molecule has 8 heteroatoms. The fourth-order valence-electron chi connectivity index (χ4n) is 6.48. The van der Waals surface area contributed by atoms with Gasteiger partial charge in [-0.25, -0.2) is 0 Å². The minimum atomic E-state index is 0.0340. The van der Waals surface area contributed by atoms with Crippen LogP contribution in [0.4, 0.5) is 11.5 Å². The fraction of sp³-hybridized carbons (Fsp3) is 0.314. The van der Waals surface area contributed by atoms with Gasteiger partial charge in [-0.2, -0.15) is 20.8 Å². The van der Waals surface area contributed by atoms with Crippen LogP contribution in [-0.4, -0.2) is 37.2 Å². The summed E-state index contributed by atoms with van der Waals surface area (Å²) in [6, 6.07) is 23.4. The molecular weight excluding hydrogens is 534 g/mol. The average molecular weight is 568 g/mol. The SMILES string of the molecule is Cc1ccc(C#N)c(C)c1Oc1nc(N2CCN[C@H](CC#N)C2)c2c(c1C#N)CN(c1cccc3cccc(C)c13)CC2. The number of fused-ring (bicyclic) bond motifs is 2. The summed E-state index contributed by atoms with van der Waals surface area (Å²) in [5.74, 6) is 1.62. The highest BCUT2D eigenvalue weighted by Gasteiger charge is 2.32. The van der Waals surface area contributed by atoms with Crippen molar-refractivity contribution in [1.29, 1.82) is 15.8 Å². The highest BCUT2D eigenvalue weighted by Crippen LogP contribution is 2.41. The van der Waals surface area contributed by atoms with Gasteiger partial charge in [0.25, 0.3) is 0 Å². The lowest BCUT2D eigenvalue weighted by atomic mass is 9.94. The average Bonchev–Trinajstić information content (AvgIpc) is 3.02. The molecule has 43 heavy (non-hydrogen) atoms. The van der Waals surface area contributed by atoms with Crippen LogP contribution >= 0.6 is 0 Å². The van der Waals surface area contributed by atoms with Crippen LogP contribution in [0.2, 0.25) is 0 Å². The van der Waals surface area contributed by atoms with Crippen LogP contribution in [0, 0.1) is 54.8 Å². The molecule has 1 fully saturated rings. The molecule has 214 valence electrons. The second-order valence-electron chi connectivity index (χ2n) is 11.4. The van der Waals surface area contributed by atoms with E-state index in [1.165, 1.54) is 16.3 Å². The number of anilines is 2. The summed E-state index contributed by atoms with van der Waals surface area (Å²) in [4.78, 5) is 9.63. The number of rotatable bonds is 5. The predicted octanol–water partition coefficient (Wildman–Crippen LogP) is 5.95. The van der Waals surface area contributed by atoms with E-state index in [1.807, 2.05) is 19.9 Å². The lowest BCUT2D eigenvalue weighted by Crippen LogP contribution is -2.51. The molecule has 6 rings (SSSR count). The maximum atomic E-state index is 10.6. The van der Waals surface area contributed by atoms with E-state index in [-0.39, 0.29) is 11.9 Å². The lowest BCUT2D eigenvalue weighted by Gasteiger charge is -2.38. The zero-order valence-electron chi connectivity index (χ0n) is 24.7. The quantitative estimate of drug-likeness (QED) is 0.315. The molecule has 2 aliphatic heterocycles. The summed E-state index contributed by atoms with van der Waals surface area (Å²) >= 11 is 0. The van der Waals surface area contributed by atoms with Gasteiger partial charge in [0.2, 0.25) is 5.88 Å². The molecule has 3 aromatic carbocycles. The number of ether oxygens (including phenoxy) is 1. The number of pyridine rings is 1. The van der Waals surface area contributed by atoms with E-state index in [1.54, 1.807) is 6.07 Å². The van der Waals surface area contributed by atoms with Crippen molar-refractivity contribution >= 4 is 22.3 Å². The first-order valence-corrected chi connectivity index (χ1v) is 14.7. The van der Waals surface area contributed by atoms with Crippen LogP contribution in [0.15, 0.2) is 48.5 Å². The monoisotopic (exact) mass is 567 g/mol. The maximum absolute atomic E-state index is 10.6. The molecule has 0 saturated carbocycles. The molecule has 1 atom stereocenters. The van der Waals surface area contributed by atoms with Gasteiger partial charge in [0, 0.05) is 66.5 Å². The zero-order chi connectivity index (χ0) is 30.1. The Morgan fingerprint density at radius 2 is 1.74 bits per heavy atom. The molecule has 0 aliphatic carbocycles. The number of nitrogens with zero attached hydrogens (tertiary/aromatic N) is 6. The molecule has 2 aliphatic rings. The minimum Gasteiger partial charge on any atom is -0.437 e. The van der Waals surface area contributed by atoms with E-state index in [9.17, 15) is 15.8 Å². The van der Waals surface area contributed by atoms with Crippen LogP contribution in [0.1, 0.15) is 45.4 Å². The highest BCUT2D eigenvalue weighted by atomic mass is 16.5. The summed E-state index contributed by atoms with van der Waals surface area (Å²) in [5, 5.41) is 35.5. The van der Waals surface area contributed by atoms with E-state index in [4.69, 9.17) is 9.72 Å². The van der Waals surface area contributed by atoms with Gasteiger partial charge in [-0.3, -0.25) is 0 Å². The largest absolute Gasteiger partial charge is 0.437 e. The summed E-state index contributed by atoms with van der Waals surface area (Å²) in [6.07, 6.45) is 1.13. The Kier molecular flexibility index (Phi) is 7.59. The molecule has 4 aromatic rings. The topological polar surface area (TPSA) is 112 Å². The third-order valence-electron chi connectivity index (χ3n) is 8.70. The smallest absolute Gasteiger partial charge is 0.239 e. The van der Waals surface area contributed by atoms with E-state index in [2.05, 4.69) is 76.6 Å². The molecule has 1 saturated heterocycles. The van der Waals surface area contributed by atoms with Gasteiger partial charge >= 0.3 is 0 Å². The van der Waals surface area contributed by atoms with Crippen molar-refractivity contribution in [2.45, 2.75) is 46.2 Å². The summed E-state index contributed by atoms with van der Waals surface area (Å²) < 4.78 is 6.51. The molecule has 0 unspecified atom stereocenters. The first-order valence-electron chi connectivity index (χ1n) is 14.7. The highest BCUT2D eigenvalue weighted by molar-refractivity contribution is 5.97. The summed E-state index contributed by atoms with van der Waals surface area (Å²) in [5.41, 5.74) is 6.88. The Hall–Kier alpha value is -5.10. The molecule has 1 N–H and O–H groups in total. The van der Waals surface area contributed by atoms with Gasteiger partial charge in [-0.05, 0) is 55.8 Å².